The van der Waals surface area contributed by atoms with Crippen LogP contribution in [0.5, 0.6) is 0 Å². The Morgan fingerprint density at radius 3 is 2.96 bits per heavy atom. The van der Waals surface area contributed by atoms with Crippen LogP contribution in [0.2, 0.25) is 0 Å². The lowest BCUT2D eigenvalue weighted by Crippen LogP contribution is -2.46. The number of nitrogens with one attached hydrogen (secondary N) is 1. The van der Waals surface area contributed by atoms with E-state index in [1.54, 1.807) is 12.5 Å². The number of imidazole rings is 1. The quantitative estimate of drug-likeness (QED) is 0.802. The van der Waals surface area contributed by atoms with Gasteiger partial charge in [-0.3, -0.25) is 9.58 Å². The zero-order chi connectivity index (χ0) is 19.2. The molecular weight excluding hydrogens is 342 g/mol. The molecule has 0 spiro atoms. The van der Waals surface area contributed by atoms with Crippen molar-refractivity contribution in [3.05, 3.63) is 36.7 Å². The first-order valence-corrected chi connectivity index (χ1v) is 9.75. The van der Waals surface area contributed by atoms with Gasteiger partial charge in [0.15, 0.2) is 0 Å². The number of hydrogen-bond donors (Lipinski definition) is 1. The Morgan fingerprint density at radius 2 is 2.30 bits per heavy atom. The van der Waals surface area contributed by atoms with Crippen molar-refractivity contribution < 1.29 is 4.79 Å². The minimum absolute atomic E-state index is 0.0197. The fraction of sp³-hybridized carbons (Fsp3) is 0.632. The summed E-state index contributed by atoms with van der Waals surface area (Å²) in [5.74, 6) is 0.410. The number of carbonyl (C=O) groups is 1. The van der Waals surface area contributed by atoms with Gasteiger partial charge in [0.1, 0.15) is 0 Å². The van der Waals surface area contributed by atoms with E-state index < -0.39 is 0 Å². The minimum atomic E-state index is -0.0197. The number of likely N-dealkylation sites (tertiary alicyclic amines) is 1. The predicted octanol–water partition coefficient (Wildman–Crippen LogP) is 1.73. The highest BCUT2D eigenvalue weighted by Gasteiger charge is 2.33. The maximum Gasteiger partial charge on any atom is 0.317 e. The first-order valence-electron chi connectivity index (χ1n) is 9.75. The van der Waals surface area contributed by atoms with Gasteiger partial charge in [-0.15, -0.1) is 0 Å². The molecule has 8 nitrogen and oxygen atoms in total. The molecule has 2 aromatic rings. The molecule has 2 amide bonds. The van der Waals surface area contributed by atoms with E-state index in [1.165, 1.54) is 12.0 Å². The van der Waals surface area contributed by atoms with Crippen molar-refractivity contribution in [2.75, 3.05) is 33.2 Å². The van der Waals surface area contributed by atoms with E-state index in [4.69, 9.17) is 0 Å². The van der Waals surface area contributed by atoms with Gasteiger partial charge in [-0.25, -0.2) is 9.78 Å². The first kappa shape index (κ1) is 19.4. The van der Waals surface area contributed by atoms with E-state index >= 15 is 0 Å². The lowest BCUT2D eigenvalue weighted by Gasteiger charge is -2.42. The molecule has 1 saturated heterocycles. The van der Waals surface area contributed by atoms with Gasteiger partial charge in [0.2, 0.25) is 0 Å². The van der Waals surface area contributed by atoms with Gasteiger partial charge >= 0.3 is 6.03 Å². The average Bonchev–Trinajstić information content (AvgIpc) is 3.33. The lowest BCUT2D eigenvalue weighted by molar-refractivity contribution is 0.0814. The second-order valence-electron chi connectivity index (χ2n) is 7.34. The van der Waals surface area contributed by atoms with Crippen molar-refractivity contribution in [3.8, 4) is 0 Å². The fourth-order valence-corrected chi connectivity index (χ4v) is 4.05. The Morgan fingerprint density at radius 1 is 1.44 bits per heavy atom. The van der Waals surface area contributed by atoms with Crippen molar-refractivity contribution in [1.82, 2.24) is 34.4 Å². The molecule has 1 fully saturated rings. The summed E-state index contributed by atoms with van der Waals surface area (Å²) in [6.45, 7) is 6.39. The third-order valence-corrected chi connectivity index (χ3v) is 5.39. The van der Waals surface area contributed by atoms with E-state index in [1.807, 2.05) is 40.6 Å². The second-order valence-corrected chi connectivity index (χ2v) is 7.34. The maximum atomic E-state index is 12.5. The topological polar surface area (TPSA) is 71.2 Å². The maximum absolute atomic E-state index is 12.5. The number of urea groups is 1. The van der Waals surface area contributed by atoms with Crippen molar-refractivity contribution in [2.24, 2.45) is 13.0 Å². The number of amides is 2. The van der Waals surface area contributed by atoms with Crippen LogP contribution in [-0.2, 0) is 13.6 Å². The van der Waals surface area contributed by atoms with Gasteiger partial charge in [-0.05, 0) is 31.8 Å². The minimum Gasteiger partial charge on any atom is -0.336 e. The molecule has 0 unspecified atom stereocenters. The zero-order valence-corrected chi connectivity index (χ0v) is 16.6. The Labute approximate surface area is 161 Å². The predicted molar refractivity (Wildman–Crippen MR) is 104 cm³/mol. The van der Waals surface area contributed by atoms with Crippen LogP contribution in [0.3, 0.4) is 0 Å². The van der Waals surface area contributed by atoms with Crippen LogP contribution in [0.1, 0.15) is 31.4 Å². The zero-order valence-electron chi connectivity index (χ0n) is 16.6. The SMILES string of the molecule is CCN1CCC[C@@H](CN(C)C(=O)NCCn2ccnc2)[C@@H]1c1cnn(C)c1. The van der Waals surface area contributed by atoms with Crippen LogP contribution in [0, 0.1) is 5.92 Å². The van der Waals surface area contributed by atoms with Gasteiger partial charge < -0.3 is 14.8 Å². The first-order chi connectivity index (χ1) is 13.1. The second kappa shape index (κ2) is 9.03. The van der Waals surface area contributed by atoms with Crippen LogP contribution in [-0.4, -0.2) is 68.4 Å². The Hall–Kier alpha value is -2.35. The summed E-state index contributed by atoms with van der Waals surface area (Å²) in [6.07, 6.45) is 11.8. The van der Waals surface area contributed by atoms with Crippen LogP contribution >= 0.6 is 0 Å². The molecule has 3 heterocycles. The molecular formula is C19H31N7O. The molecule has 1 aliphatic heterocycles. The number of hydrogen-bond acceptors (Lipinski definition) is 4. The van der Waals surface area contributed by atoms with E-state index in [9.17, 15) is 4.79 Å². The summed E-state index contributed by atoms with van der Waals surface area (Å²) < 4.78 is 3.82. The largest absolute Gasteiger partial charge is 0.336 e. The molecule has 3 rings (SSSR count). The summed E-state index contributed by atoms with van der Waals surface area (Å²) in [6, 6.07) is 0.298. The van der Waals surface area contributed by atoms with Gasteiger partial charge in [0.05, 0.1) is 12.5 Å². The average molecular weight is 374 g/mol. The number of carbonyl (C=O) groups excluding carboxylic acids is 1. The smallest absolute Gasteiger partial charge is 0.317 e. The molecule has 1 aliphatic rings. The molecule has 0 radical (unpaired) electrons. The van der Waals surface area contributed by atoms with Crippen LogP contribution in [0.15, 0.2) is 31.1 Å². The van der Waals surface area contributed by atoms with Crippen LogP contribution < -0.4 is 5.32 Å². The van der Waals surface area contributed by atoms with Gasteiger partial charge in [-0.2, -0.15) is 5.10 Å². The van der Waals surface area contributed by atoms with E-state index in [0.29, 0.717) is 18.5 Å². The summed E-state index contributed by atoms with van der Waals surface area (Å²) in [5.41, 5.74) is 1.25. The highest BCUT2D eigenvalue weighted by Crippen LogP contribution is 2.36. The molecule has 0 saturated carbocycles. The summed E-state index contributed by atoms with van der Waals surface area (Å²) >= 11 is 0. The van der Waals surface area contributed by atoms with Crippen LogP contribution in [0.4, 0.5) is 4.79 Å². The van der Waals surface area contributed by atoms with Gasteiger partial charge in [-0.1, -0.05) is 6.92 Å². The number of aromatic nitrogens is 4. The molecule has 148 valence electrons. The highest BCUT2D eigenvalue weighted by molar-refractivity contribution is 5.73. The molecule has 2 atom stereocenters. The van der Waals surface area contributed by atoms with E-state index in [0.717, 1.165) is 32.6 Å². The van der Waals surface area contributed by atoms with Crippen molar-refractivity contribution in [3.63, 3.8) is 0 Å². The Balaban J connectivity index is 1.58. The summed E-state index contributed by atoms with van der Waals surface area (Å²) in [4.78, 5) is 20.8. The summed E-state index contributed by atoms with van der Waals surface area (Å²) in [7, 11) is 3.84. The molecule has 1 N–H and O–H groups in total. The number of rotatable bonds is 7. The van der Waals surface area contributed by atoms with Gasteiger partial charge in [0.25, 0.3) is 0 Å². The highest BCUT2D eigenvalue weighted by atomic mass is 16.2. The Bertz CT molecular complexity index is 711. The fourth-order valence-electron chi connectivity index (χ4n) is 4.05. The third kappa shape index (κ3) is 4.88. The van der Waals surface area contributed by atoms with E-state index in [-0.39, 0.29) is 6.03 Å². The molecule has 2 aromatic heterocycles. The number of piperidine rings is 1. The molecule has 27 heavy (non-hydrogen) atoms. The summed E-state index contributed by atoms with van der Waals surface area (Å²) in [5, 5.41) is 7.37. The lowest BCUT2D eigenvalue weighted by atomic mass is 9.85. The molecule has 0 bridgehead atoms. The van der Waals surface area contributed by atoms with Crippen molar-refractivity contribution in [1.29, 1.82) is 0 Å². The molecule has 0 aliphatic carbocycles. The standard InChI is InChI=1S/C19H31N7O/c1-4-26-9-5-6-16(18(26)17-12-22-24(3)14-17)13-23(2)19(27)21-8-11-25-10-7-20-15-25/h7,10,12,14-16,18H,4-6,8-9,11,13H2,1-3H3,(H,21,27)/t16-,18+/m0/s1. The third-order valence-electron chi connectivity index (χ3n) is 5.39. The number of aryl methyl sites for hydroxylation is 1. The molecule has 8 heteroatoms. The normalized spacial score (nSPS) is 20.6. The van der Waals surface area contributed by atoms with Gasteiger partial charge in [0, 0.05) is 63.9 Å². The molecule has 0 aromatic carbocycles. The monoisotopic (exact) mass is 373 g/mol. The van der Waals surface area contributed by atoms with Crippen molar-refractivity contribution in [2.45, 2.75) is 32.4 Å². The van der Waals surface area contributed by atoms with Crippen LogP contribution in [0.25, 0.3) is 0 Å². The van der Waals surface area contributed by atoms with Crippen molar-refractivity contribution >= 4 is 6.03 Å². The Kier molecular flexibility index (Phi) is 6.49. The van der Waals surface area contributed by atoms with E-state index in [2.05, 4.69) is 33.4 Å². The number of nitrogens with zero attached hydrogens (tertiary/aromatic N) is 6.